The Morgan fingerprint density at radius 1 is 1.33 bits per heavy atom. The summed E-state index contributed by atoms with van der Waals surface area (Å²) >= 11 is 0. The minimum Gasteiger partial charge on any atom is -0.492 e. The van der Waals surface area contributed by atoms with Crippen LogP contribution < -0.4 is 15.8 Å². The quantitative estimate of drug-likeness (QED) is 0.782. The summed E-state index contributed by atoms with van der Waals surface area (Å²) in [4.78, 5) is 4.28. The minimum atomic E-state index is 0.709. The predicted molar refractivity (Wildman–Crippen MR) is 62.3 cm³/mol. The van der Waals surface area contributed by atoms with Crippen molar-refractivity contribution in [3.63, 3.8) is 0 Å². The van der Waals surface area contributed by atoms with Crippen LogP contribution in [0.25, 0.3) is 10.9 Å². The third-order valence-corrected chi connectivity index (χ3v) is 2.37. The summed E-state index contributed by atoms with van der Waals surface area (Å²) in [5.74, 6) is 0.724. The minimum absolute atomic E-state index is 0.709. The normalized spacial score (nSPS) is 10.3. The summed E-state index contributed by atoms with van der Waals surface area (Å²) in [6, 6.07) is 5.64. The van der Waals surface area contributed by atoms with Crippen LogP contribution in [0.2, 0.25) is 0 Å². The molecule has 15 heavy (non-hydrogen) atoms. The second-order valence-corrected chi connectivity index (χ2v) is 3.19. The SMILES string of the molecule is CNc1ccc2c(N)ccnc2c1OC. The lowest BCUT2D eigenvalue weighted by molar-refractivity contribution is 0.420. The van der Waals surface area contributed by atoms with Gasteiger partial charge >= 0.3 is 0 Å². The molecule has 0 atom stereocenters. The molecular formula is C11H13N3O. The topological polar surface area (TPSA) is 60.2 Å². The Balaban J connectivity index is 2.82. The summed E-state index contributed by atoms with van der Waals surface area (Å²) in [5.41, 5.74) is 8.25. The molecule has 0 radical (unpaired) electrons. The molecule has 3 N–H and O–H groups in total. The van der Waals surface area contributed by atoms with Crippen molar-refractivity contribution < 1.29 is 4.74 Å². The smallest absolute Gasteiger partial charge is 0.168 e. The van der Waals surface area contributed by atoms with Crippen molar-refractivity contribution in [2.45, 2.75) is 0 Å². The standard InChI is InChI=1S/C11H13N3O/c1-13-9-4-3-7-8(12)5-6-14-10(7)11(9)15-2/h3-6,13H,1-2H3,(H2,12,14). The highest BCUT2D eigenvalue weighted by molar-refractivity contribution is 5.97. The molecule has 0 aliphatic heterocycles. The van der Waals surface area contributed by atoms with Gasteiger partial charge in [0, 0.05) is 24.3 Å². The van der Waals surface area contributed by atoms with Crippen LogP contribution in [0, 0.1) is 0 Å². The fraction of sp³-hybridized carbons (Fsp3) is 0.182. The molecule has 1 aromatic heterocycles. The molecule has 4 nitrogen and oxygen atoms in total. The van der Waals surface area contributed by atoms with Crippen LogP contribution in [0.4, 0.5) is 11.4 Å². The molecule has 4 heteroatoms. The van der Waals surface area contributed by atoms with Crippen LogP contribution in [0.15, 0.2) is 24.4 Å². The Morgan fingerprint density at radius 2 is 2.13 bits per heavy atom. The van der Waals surface area contributed by atoms with Gasteiger partial charge in [0.15, 0.2) is 5.75 Å². The number of pyridine rings is 1. The number of methoxy groups -OCH3 is 1. The molecule has 78 valence electrons. The van der Waals surface area contributed by atoms with Crippen LogP contribution in [-0.2, 0) is 0 Å². The lowest BCUT2D eigenvalue weighted by atomic mass is 10.1. The number of nitrogens with two attached hydrogens (primary N) is 1. The number of benzene rings is 1. The van der Waals surface area contributed by atoms with E-state index in [0.717, 1.165) is 22.3 Å². The van der Waals surface area contributed by atoms with Crippen LogP contribution in [0.3, 0.4) is 0 Å². The molecule has 0 bridgehead atoms. The molecule has 0 aliphatic rings. The van der Waals surface area contributed by atoms with E-state index in [1.807, 2.05) is 19.2 Å². The van der Waals surface area contributed by atoms with Crippen molar-refractivity contribution in [2.75, 3.05) is 25.2 Å². The highest BCUT2D eigenvalue weighted by Gasteiger charge is 2.09. The fourth-order valence-corrected chi connectivity index (χ4v) is 1.62. The number of hydrogen-bond acceptors (Lipinski definition) is 4. The zero-order chi connectivity index (χ0) is 10.8. The first-order valence-electron chi connectivity index (χ1n) is 4.67. The first-order chi connectivity index (χ1) is 7.27. The van der Waals surface area contributed by atoms with E-state index in [-0.39, 0.29) is 0 Å². The number of ether oxygens (including phenoxy) is 1. The van der Waals surface area contributed by atoms with E-state index in [2.05, 4.69) is 10.3 Å². The van der Waals surface area contributed by atoms with E-state index in [4.69, 9.17) is 10.5 Å². The maximum atomic E-state index is 5.86. The maximum Gasteiger partial charge on any atom is 0.168 e. The van der Waals surface area contributed by atoms with Crippen molar-refractivity contribution in [2.24, 2.45) is 0 Å². The summed E-state index contributed by atoms with van der Waals surface area (Å²) < 4.78 is 5.32. The summed E-state index contributed by atoms with van der Waals surface area (Å²) in [7, 11) is 3.47. The third kappa shape index (κ3) is 1.44. The summed E-state index contributed by atoms with van der Waals surface area (Å²) in [6.45, 7) is 0. The lowest BCUT2D eigenvalue weighted by Crippen LogP contribution is -1.97. The second kappa shape index (κ2) is 3.65. The third-order valence-electron chi connectivity index (χ3n) is 2.37. The van der Waals surface area contributed by atoms with Gasteiger partial charge in [-0.25, -0.2) is 0 Å². The first kappa shape index (κ1) is 9.58. The molecule has 0 saturated heterocycles. The highest BCUT2D eigenvalue weighted by Crippen LogP contribution is 2.33. The molecule has 1 aromatic carbocycles. The van der Waals surface area contributed by atoms with Crippen LogP contribution in [0.5, 0.6) is 5.75 Å². The molecule has 0 amide bonds. The average Bonchev–Trinajstić information content (AvgIpc) is 2.28. The van der Waals surface area contributed by atoms with Gasteiger partial charge < -0.3 is 15.8 Å². The van der Waals surface area contributed by atoms with Crippen molar-refractivity contribution >= 4 is 22.3 Å². The second-order valence-electron chi connectivity index (χ2n) is 3.19. The van der Waals surface area contributed by atoms with Crippen molar-refractivity contribution in [3.8, 4) is 5.75 Å². The van der Waals surface area contributed by atoms with Crippen LogP contribution in [-0.4, -0.2) is 19.1 Å². The van der Waals surface area contributed by atoms with Gasteiger partial charge in [-0.05, 0) is 18.2 Å². The Morgan fingerprint density at radius 3 is 2.80 bits per heavy atom. The van der Waals surface area contributed by atoms with Gasteiger partial charge in [-0.1, -0.05) is 0 Å². The molecular weight excluding hydrogens is 190 g/mol. The summed E-state index contributed by atoms with van der Waals surface area (Å²) in [5, 5.41) is 3.96. The van der Waals surface area contributed by atoms with Gasteiger partial charge in [0.25, 0.3) is 0 Å². The molecule has 0 fully saturated rings. The van der Waals surface area contributed by atoms with Gasteiger partial charge in [-0.2, -0.15) is 0 Å². The zero-order valence-electron chi connectivity index (χ0n) is 8.74. The molecule has 0 aliphatic carbocycles. The Kier molecular flexibility index (Phi) is 2.33. The van der Waals surface area contributed by atoms with Crippen LogP contribution >= 0.6 is 0 Å². The van der Waals surface area contributed by atoms with Gasteiger partial charge in [0.2, 0.25) is 0 Å². The monoisotopic (exact) mass is 203 g/mol. The Hall–Kier alpha value is -1.97. The van der Waals surface area contributed by atoms with Crippen molar-refractivity contribution in [1.29, 1.82) is 0 Å². The van der Waals surface area contributed by atoms with E-state index in [0.29, 0.717) is 5.69 Å². The fourth-order valence-electron chi connectivity index (χ4n) is 1.62. The number of nitrogens with zero attached hydrogens (tertiary/aromatic N) is 1. The van der Waals surface area contributed by atoms with Crippen LogP contribution in [0.1, 0.15) is 0 Å². The van der Waals surface area contributed by atoms with E-state index in [9.17, 15) is 0 Å². The number of rotatable bonds is 2. The number of nitrogen functional groups attached to an aromatic ring is 1. The van der Waals surface area contributed by atoms with Crippen molar-refractivity contribution in [3.05, 3.63) is 24.4 Å². The van der Waals surface area contributed by atoms with E-state index in [1.54, 1.807) is 19.4 Å². The lowest BCUT2D eigenvalue weighted by Gasteiger charge is -2.11. The van der Waals surface area contributed by atoms with Gasteiger partial charge in [0.05, 0.1) is 12.8 Å². The zero-order valence-corrected chi connectivity index (χ0v) is 8.74. The molecule has 0 unspecified atom stereocenters. The highest BCUT2D eigenvalue weighted by atomic mass is 16.5. The van der Waals surface area contributed by atoms with Gasteiger partial charge in [-0.3, -0.25) is 4.98 Å². The van der Waals surface area contributed by atoms with Crippen molar-refractivity contribution in [1.82, 2.24) is 4.98 Å². The Labute approximate surface area is 88.1 Å². The van der Waals surface area contributed by atoms with Gasteiger partial charge in [0.1, 0.15) is 5.52 Å². The van der Waals surface area contributed by atoms with E-state index >= 15 is 0 Å². The molecule has 0 spiro atoms. The number of nitrogens with one attached hydrogen (secondary N) is 1. The number of fused-ring (bicyclic) bond motifs is 1. The predicted octanol–water partition coefficient (Wildman–Crippen LogP) is 1.87. The number of hydrogen-bond donors (Lipinski definition) is 2. The molecule has 0 saturated carbocycles. The number of aromatic nitrogens is 1. The van der Waals surface area contributed by atoms with Gasteiger partial charge in [-0.15, -0.1) is 0 Å². The first-order valence-corrected chi connectivity index (χ1v) is 4.67. The largest absolute Gasteiger partial charge is 0.492 e. The number of anilines is 2. The maximum absolute atomic E-state index is 5.86. The van der Waals surface area contributed by atoms with E-state index in [1.165, 1.54) is 0 Å². The summed E-state index contributed by atoms with van der Waals surface area (Å²) in [6.07, 6.45) is 1.68. The molecule has 1 heterocycles. The average molecular weight is 203 g/mol. The molecule has 2 rings (SSSR count). The molecule has 2 aromatic rings. The van der Waals surface area contributed by atoms with E-state index < -0.39 is 0 Å². The Bertz CT molecular complexity index is 496.